The summed E-state index contributed by atoms with van der Waals surface area (Å²) in [5.41, 5.74) is 12.0. The average molecular weight is 845 g/mol. The number of nitrogens with zero attached hydrogens (tertiary/aromatic N) is 4. The van der Waals surface area contributed by atoms with Gasteiger partial charge in [-0.15, -0.1) is 11.3 Å². The van der Waals surface area contributed by atoms with Crippen LogP contribution in [-0.2, 0) is 0 Å². The molecule has 0 unspecified atom stereocenters. The largest absolute Gasteiger partial charge is 0.309 e. The maximum atomic E-state index is 5.68. The van der Waals surface area contributed by atoms with Crippen LogP contribution in [0.2, 0.25) is 0 Å². The van der Waals surface area contributed by atoms with Gasteiger partial charge >= 0.3 is 0 Å². The molecule has 0 bridgehead atoms. The van der Waals surface area contributed by atoms with E-state index in [0.717, 1.165) is 55.4 Å². The van der Waals surface area contributed by atoms with Crippen LogP contribution in [0.15, 0.2) is 218 Å². The number of para-hydroxylation sites is 2. The van der Waals surface area contributed by atoms with Gasteiger partial charge in [-0.25, -0.2) is 9.97 Å². The zero-order valence-corrected chi connectivity index (χ0v) is 35.8. The summed E-state index contributed by atoms with van der Waals surface area (Å²) in [6, 6.07) is 79.0. The molecule has 14 rings (SSSR count). The second-order valence-electron chi connectivity index (χ2n) is 16.9. The van der Waals surface area contributed by atoms with E-state index in [4.69, 9.17) is 9.97 Å². The molecular formula is C60H36N4S. The van der Waals surface area contributed by atoms with E-state index in [2.05, 4.69) is 228 Å². The highest BCUT2D eigenvalue weighted by Gasteiger charge is 2.24. The minimum absolute atomic E-state index is 0.644. The summed E-state index contributed by atoms with van der Waals surface area (Å²) in [5.74, 6) is 0.644. The first-order chi connectivity index (χ1) is 32.2. The molecule has 4 heterocycles. The maximum Gasteiger partial charge on any atom is 0.235 e. The minimum Gasteiger partial charge on any atom is -0.309 e. The van der Waals surface area contributed by atoms with Gasteiger partial charge in [0.25, 0.3) is 0 Å². The molecule has 4 aromatic heterocycles. The van der Waals surface area contributed by atoms with Crippen LogP contribution in [0.25, 0.3) is 131 Å². The molecule has 0 saturated heterocycles. The van der Waals surface area contributed by atoms with Crippen molar-refractivity contribution in [1.82, 2.24) is 19.1 Å². The van der Waals surface area contributed by atoms with Crippen LogP contribution in [-0.4, -0.2) is 19.1 Å². The standard InChI is InChI=1S/C60H36N4S/c1-4-17-39(18-5-1)53-36-42-27-31-49-56(59(42)65-53)57(40-19-6-2-7-20-40)62-60(61-49)64-52-34-29-37-15-10-12-23-44(37)54(52)47-26-14-25-46(58(47)64)41-30-32-50-48(35-41)55-45-24-13-11-16-38(45)28-33-51(55)63(50)43-21-8-3-9-22-43/h1-36H. The second kappa shape index (κ2) is 14.1. The second-order valence-corrected chi connectivity index (χ2v) is 17.9. The van der Waals surface area contributed by atoms with E-state index in [1.807, 2.05) is 11.3 Å². The average Bonchev–Trinajstić information content (AvgIpc) is 4.07. The third-order valence-corrected chi connectivity index (χ3v) is 14.5. The highest BCUT2D eigenvalue weighted by Crippen LogP contribution is 2.45. The van der Waals surface area contributed by atoms with Crippen molar-refractivity contribution < 1.29 is 0 Å². The van der Waals surface area contributed by atoms with E-state index in [9.17, 15) is 0 Å². The lowest BCUT2D eigenvalue weighted by molar-refractivity contribution is 1.02. The number of rotatable bonds is 5. The number of hydrogen-bond acceptors (Lipinski definition) is 3. The summed E-state index contributed by atoms with van der Waals surface area (Å²) < 4.78 is 5.93. The Morgan fingerprint density at radius 3 is 1.71 bits per heavy atom. The van der Waals surface area contributed by atoms with E-state index in [0.29, 0.717) is 5.95 Å². The fraction of sp³-hybridized carbons (Fsp3) is 0. The molecule has 14 aromatic rings. The van der Waals surface area contributed by atoms with Crippen LogP contribution in [0.5, 0.6) is 0 Å². The molecule has 65 heavy (non-hydrogen) atoms. The Bertz CT molecular complexity index is 4220. The predicted molar refractivity (Wildman–Crippen MR) is 275 cm³/mol. The van der Waals surface area contributed by atoms with Gasteiger partial charge in [-0.05, 0) is 86.6 Å². The van der Waals surface area contributed by atoms with Gasteiger partial charge in [-0.1, -0.05) is 170 Å². The fourth-order valence-corrected chi connectivity index (χ4v) is 11.7. The highest BCUT2D eigenvalue weighted by molar-refractivity contribution is 7.23. The van der Waals surface area contributed by atoms with Crippen molar-refractivity contribution in [3.8, 4) is 44.5 Å². The smallest absolute Gasteiger partial charge is 0.235 e. The SMILES string of the molecule is c1ccc(-c2cc3ccc4nc(-n5c6ccc7ccccc7c6c6cccc(-c7ccc8c(c7)c7c9ccccc9ccc7n8-c7ccccc7)c65)nc(-c5ccccc5)c4c3s2)cc1. The number of fused-ring (bicyclic) bond motifs is 13. The van der Waals surface area contributed by atoms with E-state index in [1.165, 1.54) is 69.3 Å². The Morgan fingerprint density at radius 1 is 0.369 bits per heavy atom. The van der Waals surface area contributed by atoms with E-state index in [1.54, 1.807) is 0 Å². The molecule has 5 heteroatoms. The topological polar surface area (TPSA) is 35.6 Å². The third kappa shape index (κ3) is 5.43. The molecule has 0 aliphatic heterocycles. The van der Waals surface area contributed by atoms with Gasteiger partial charge in [0.2, 0.25) is 5.95 Å². The Balaban J connectivity index is 1.09. The summed E-state index contributed by atoms with van der Waals surface area (Å²) in [6.07, 6.45) is 0. The van der Waals surface area contributed by atoms with Crippen LogP contribution >= 0.6 is 11.3 Å². The van der Waals surface area contributed by atoms with Crippen molar-refractivity contribution in [2.75, 3.05) is 0 Å². The lowest BCUT2D eigenvalue weighted by Gasteiger charge is -2.14. The summed E-state index contributed by atoms with van der Waals surface area (Å²) in [5, 5.41) is 12.0. The van der Waals surface area contributed by atoms with E-state index < -0.39 is 0 Å². The van der Waals surface area contributed by atoms with Gasteiger partial charge in [0.1, 0.15) is 0 Å². The molecule has 10 aromatic carbocycles. The Morgan fingerprint density at radius 2 is 0.969 bits per heavy atom. The van der Waals surface area contributed by atoms with Gasteiger partial charge in [0.05, 0.1) is 33.3 Å². The molecule has 0 aliphatic carbocycles. The van der Waals surface area contributed by atoms with Crippen molar-refractivity contribution >= 4 is 97.5 Å². The zero-order valence-electron chi connectivity index (χ0n) is 35.0. The Hall–Kier alpha value is -8.38. The van der Waals surface area contributed by atoms with Gasteiger partial charge < -0.3 is 4.57 Å². The molecule has 4 nitrogen and oxygen atoms in total. The molecule has 0 N–H and O–H groups in total. The third-order valence-electron chi connectivity index (χ3n) is 13.3. The molecular weight excluding hydrogens is 809 g/mol. The predicted octanol–water partition coefficient (Wildman–Crippen LogP) is 16.3. The van der Waals surface area contributed by atoms with Crippen molar-refractivity contribution in [1.29, 1.82) is 0 Å². The molecule has 0 saturated carbocycles. The first-order valence-corrected chi connectivity index (χ1v) is 22.9. The van der Waals surface area contributed by atoms with Gasteiger partial charge in [-0.3, -0.25) is 4.57 Å². The molecule has 0 radical (unpaired) electrons. The van der Waals surface area contributed by atoms with Crippen molar-refractivity contribution in [3.05, 3.63) is 218 Å². The van der Waals surface area contributed by atoms with Crippen molar-refractivity contribution in [2.45, 2.75) is 0 Å². The maximum absolute atomic E-state index is 5.68. The van der Waals surface area contributed by atoms with Crippen LogP contribution in [0.3, 0.4) is 0 Å². The van der Waals surface area contributed by atoms with Crippen LogP contribution in [0, 0.1) is 0 Å². The molecule has 0 amide bonds. The quantitative estimate of drug-likeness (QED) is 0.173. The molecule has 302 valence electrons. The van der Waals surface area contributed by atoms with E-state index in [-0.39, 0.29) is 0 Å². The summed E-state index contributed by atoms with van der Waals surface area (Å²) in [6.45, 7) is 0. The first kappa shape index (κ1) is 36.1. The molecule has 0 fully saturated rings. The lowest BCUT2D eigenvalue weighted by Crippen LogP contribution is -2.04. The zero-order chi connectivity index (χ0) is 42.6. The molecule has 0 aliphatic rings. The minimum atomic E-state index is 0.644. The fourth-order valence-electron chi connectivity index (χ4n) is 10.4. The number of thiophene rings is 1. The number of hydrogen-bond donors (Lipinski definition) is 0. The van der Waals surface area contributed by atoms with Crippen LogP contribution < -0.4 is 0 Å². The Kier molecular flexibility index (Phi) is 7.82. The van der Waals surface area contributed by atoms with Gasteiger partial charge in [-0.2, -0.15) is 0 Å². The van der Waals surface area contributed by atoms with Crippen molar-refractivity contribution in [3.63, 3.8) is 0 Å². The van der Waals surface area contributed by atoms with Crippen LogP contribution in [0.4, 0.5) is 0 Å². The van der Waals surface area contributed by atoms with Gasteiger partial charge in [0, 0.05) is 53.3 Å². The first-order valence-electron chi connectivity index (χ1n) is 22.1. The number of benzene rings is 10. The highest BCUT2D eigenvalue weighted by atomic mass is 32.1. The number of aromatic nitrogens is 4. The van der Waals surface area contributed by atoms with Gasteiger partial charge in [0.15, 0.2) is 0 Å². The summed E-state index contributed by atoms with van der Waals surface area (Å²) in [4.78, 5) is 12.5. The lowest BCUT2D eigenvalue weighted by atomic mass is 9.97. The Labute approximate surface area is 377 Å². The molecule has 0 spiro atoms. The van der Waals surface area contributed by atoms with E-state index >= 15 is 0 Å². The van der Waals surface area contributed by atoms with Crippen LogP contribution in [0.1, 0.15) is 0 Å². The summed E-state index contributed by atoms with van der Waals surface area (Å²) in [7, 11) is 0. The molecule has 0 atom stereocenters. The summed E-state index contributed by atoms with van der Waals surface area (Å²) >= 11 is 1.81. The monoisotopic (exact) mass is 844 g/mol. The normalized spacial score (nSPS) is 12.0. The van der Waals surface area contributed by atoms with Crippen molar-refractivity contribution in [2.24, 2.45) is 0 Å².